The number of piperazine rings is 1. The zero-order valence-corrected chi connectivity index (χ0v) is 16.1. The summed E-state index contributed by atoms with van der Waals surface area (Å²) in [6.45, 7) is 4.99. The van der Waals surface area contributed by atoms with Gasteiger partial charge in [0.05, 0.1) is 0 Å². The highest BCUT2D eigenvalue weighted by Crippen LogP contribution is 2.29. The van der Waals surface area contributed by atoms with E-state index in [4.69, 9.17) is 0 Å². The molecule has 150 valence electrons. The highest BCUT2D eigenvalue weighted by molar-refractivity contribution is 5.95. The summed E-state index contributed by atoms with van der Waals surface area (Å²) in [6.07, 6.45) is 0. The van der Waals surface area contributed by atoms with Crippen LogP contribution in [0.2, 0.25) is 0 Å². The Bertz CT molecular complexity index is 999. The summed E-state index contributed by atoms with van der Waals surface area (Å²) in [5.41, 5.74) is 1.66. The van der Waals surface area contributed by atoms with Crippen molar-refractivity contribution in [3.8, 4) is 5.75 Å². The van der Waals surface area contributed by atoms with E-state index >= 15 is 0 Å². The molecule has 1 aliphatic rings. The molecule has 0 atom stereocenters. The lowest BCUT2D eigenvalue weighted by molar-refractivity contribution is 0.0947. The summed E-state index contributed by atoms with van der Waals surface area (Å²) in [5.74, 6) is -0.243. The third-order valence-corrected chi connectivity index (χ3v) is 5.37. The van der Waals surface area contributed by atoms with Crippen LogP contribution in [0.5, 0.6) is 5.75 Å². The fourth-order valence-electron chi connectivity index (χ4n) is 3.77. The maximum absolute atomic E-state index is 12.9. The van der Waals surface area contributed by atoms with Gasteiger partial charge in [-0.05, 0) is 53.9 Å². The van der Waals surface area contributed by atoms with Crippen LogP contribution in [-0.4, -0.2) is 55.2 Å². The van der Waals surface area contributed by atoms with Gasteiger partial charge in [-0.25, -0.2) is 4.39 Å². The average Bonchev–Trinajstić information content (AvgIpc) is 2.74. The Balaban J connectivity index is 1.29. The number of phenolic OH excluding ortho intramolecular Hbond substituents is 1. The normalized spacial score (nSPS) is 14.9. The fraction of sp³-hybridized carbons (Fsp3) is 0.261. The van der Waals surface area contributed by atoms with E-state index in [9.17, 15) is 14.3 Å². The summed E-state index contributed by atoms with van der Waals surface area (Å²) >= 11 is 0. The van der Waals surface area contributed by atoms with Gasteiger partial charge < -0.3 is 15.3 Å². The molecule has 4 rings (SSSR count). The number of fused-ring (bicyclic) bond motifs is 1. The lowest BCUT2D eigenvalue weighted by Gasteiger charge is -2.36. The number of anilines is 1. The number of carbonyl (C=O) groups is 1. The average molecular weight is 393 g/mol. The SMILES string of the molecule is O=C(NCCN1CCN(c2cccc3cc(O)ccc23)CC1)c1ccc(F)cc1. The Morgan fingerprint density at radius 1 is 1.00 bits per heavy atom. The molecule has 1 saturated heterocycles. The molecule has 0 aromatic heterocycles. The second-order valence-electron chi connectivity index (χ2n) is 7.27. The number of nitrogens with zero attached hydrogens (tertiary/aromatic N) is 2. The Kier molecular flexibility index (Phi) is 5.62. The standard InChI is InChI=1S/C23H24FN3O2/c24-19-6-4-17(5-7-19)23(29)25-10-11-26-12-14-27(15-13-26)22-3-1-2-18-16-20(28)8-9-21(18)22/h1-9,16,28H,10-15H2,(H,25,29). The minimum atomic E-state index is -0.345. The van der Waals surface area contributed by atoms with Crippen molar-refractivity contribution in [1.29, 1.82) is 0 Å². The molecule has 0 radical (unpaired) electrons. The predicted molar refractivity (Wildman–Crippen MR) is 113 cm³/mol. The van der Waals surface area contributed by atoms with Gasteiger partial charge in [-0.3, -0.25) is 9.69 Å². The molecule has 0 unspecified atom stereocenters. The number of carbonyl (C=O) groups excluding carboxylic acids is 1. The molecule has 5 nitrogen and oxygen atoms in total. The molecule has 0 aliphatic carbocycles. The van der Waals surface area contributed by atoms with E-state index in [0.717, 1.165) is 43.5 Å². The van der Waals surface area contributed by atoms with Crippen molar-refractivity contribution in [2.24, 2.45) is 0 Å². The number of aromatic hydroxyl groups is 1. The van der Waals surface area contributed by atoms with Gasteiger partial charge in [0.1, 0.15) is 11.6 Å². The van der Waals surface area contributed by atoms with Gasteiger partial charge in [-0.2, -0.15) is 0 Å². The number of halogens is 1. The van der Waals surface area contributed by atoms with Crippen molar-refractivity contribution in [2.45, 2.75) is 0 Å². The van der Waals surface area contributed by atoms with Crippen LogP contribution in [-0.2, 0) is 0 Å². The van der Waals surface area contributed by atoms with Crippen molar-refractivity contribution in [1.82, 2.24) is 10.2 Å². The molecule has 6 heteroatoms. The molecule has 0 saturated carbocycles. The van der Waals surface area contributed by atoms with Crippen LogP contribution in [0.3, 0.4) is 0 Å². The van der Waals surface area contributed by atoms with E-state index in [2.05, 4.69) is 21.2 Å². The van der Waals surface area contributed by atoms with Gasteiger partial charge >= 0.3 is 0 Å². The van der Waals surface area contributed by atoms with Crippen molar-refractivity contribution in [2.75, 3.05) is 44.2 Å². The number of rotatable bonds is 5. The highest BCUT2D eigenvalue weighted by atomic mass is 19.1. The second kappa shape index (κ2) is 8.49. The first kappa shape index (κ1) is 19.2. The Morgan fingerprint density at radius 3 is 2.52 bits per heavy atom. The first-order valence-electron chi connectivity index (χ1n) is 9.83. The van der Waals surface area contributed by atoms with Gasteiger partial charge in [0.25, 0.3) is 5.91 Å². The van der Waals surface area contributed by atoms with Crippen LogP contribution in [0, 0.1) is 5.82 Å². The van der Waals surface area contributed by atoms with Crippen LogP contribution in [0.25, 0.3) is 10.8 Å². The number of benzene rings is 3. The predicted octanol–water partition coefficient (Wildman–Crippen LogP) is 3.24. The number of phenols is 1. The fourth-order valence-corrected chi connectivity index (χ4v) is 3.77. The van der Waals surface area contributed by atoms with E-state index in [-0.39, 0.29) is 17.5 Å². The monoisotopic (exact) mass is 393 g/mol. The summed E-state index contributed by atoms with van der Waals surface area (Å²) in [6, 6.07) is 17.2. The van der Waals surface area contributed by atoms with E-state index in [1.807, 2.05) is 18.2 Å². The molecular formula is C23H24FN3O2. The van der Waals surface area contributed by atoms with Gasteiger partial charge in [0.15, 0.2) is 0 Å². The number of amides is 1. The van der Waals surface area contributed by atoms with E-state index in [0.29, 0.717) is 12.1 Å². The highest BCUT2D eigenvalue weighted by Gasteiger charge is 2.18. The maximum atomic E-state index is 12.9. The van der Waals surface area contributed by atoms with Gasteiger partial charge in [-0.1, -0.05) is 12.1 Å². The third kappa shape index (κ3) is 4.49. The molecule has 1 heterocycles. The smallest absolute Gasteiger partial charge is 0.251 e. The quantitative estimate of drug-likeness (QED) is 0.699. The second-order valence-corrected chi connectivity index (χ2v) is 7.27. The topological polar surface area (TPSA) is 55.8 Å². The molecule has 1 aliphatic heterocycles. The molecule has 3 aromatic carbocycles. The molecule has 0 bridgehead atoms. The first-order valence-corrected chi connectivity index (χ1v) is 9.83. The molecule has 0 spiro atoms. The third-order valence-electron chi connectivity index (χ3n) is 5.37. The minimum Gasteiger partial charge on any atom is -0.508 e. The number of hydrogen-bond donors (Lipinski definition) is 2. The van der Waals surface area contributed by atoms with Crippen LogP contribution < -0.4 is 10.2 Å². The Hall–Kier alpha value is -3.12. The number of nitrogens with one attached hydrogen (secondary N) is 1. The molecule has 1 amide bonds. The molecular weight excluding hydrogens is 369 g/mol. The Morgan fingerprint density at radius 2 is 1.76 bits per heavy atom. The largest absolute Gasteiger partial charge is 0.508 e. The van der Waals surface area contributed by atoms with Gasteiger partial charge in [-0.15, -0.1) is 0 Å². The number of hydrogen-bond acceptors (Lipinski definition) is 4. The van der Waals surface area contributed by atoms with E-state index in [1.54, 1.807) is 12.1 Å². The van der Waals surface area contributed by atoms with Crippen LogP contribution in [0.4, 0.5) is 10.1 Å². The van der Waals surface area contributed by atoms with Gasteiger partial charge in [0.2, 0.25) is 0 Å². The summed E-state index contributed by atoms with van der Waals surface area (Å²) in [4.78, 5) is 16.8. The lowest BCUT2D eigenvalue weighted by atomic mass is 10.1. The minimum absolute atomic E-state index is 0.178. The van der Waals surface area contributed by atoms with Crippen molar-refractivity contribution in [3.63, 3.8) is 0 Å². The van der Waals surface area contributed by atoms with Crippen LogP contribution in [0.1, 0.15) is 10.4 Å². The molecule has 29 heavy (non-hydrogen) atoms. The lowest BCUT2D eigenvalue weighted by Crippen LogP contribution is -2.48. The molecule has 2 N–H and O–H groups in total. The van der Waals surface area contributed by atoms with Crippen LogP contribution >= 0.6 is 0 Å². The van der Waals surface area contributed by atoms with Crippen molar-refractivity contribution >= 4 is 22.4 Å². The van der Waals surface area contributed by atoms with E-state index in [1.165, 1.54) is 30.0 Å². The first-order chi connectivity index (χ1) is 14.1. The summed E-state index contributed by atoms with van der Waals surface area (Å²) in [5, 5.41) is 14.8. The molecule has 1 fully saturated rings. The maximum Gasteiger partial charge on any atom is 0.251 e. The van der Waals surface area contributed by atoms with Crippen LogP contribution in [0.15, 0.2) is 60.7 Å². The van der Waals surface area contributed by atoms with Crippen molar-refractivity contribution < 1.29 is 14.3 Å². The van der Waals surface area contributed by atoms with Crippen molar-refractivity contribution in [3.05, 3.63) is 72.0 Å². The zero-order chi connectivity index (χ0) is 20.2. The molecule has 3 aromatic rings. The summed E-state index contributed by atoms with van der Waals surface area (Å²) in [7, 11) is 0. The van der Waals surface area contributed by atoms with Gasteiger partial charge in [0, 0.05) is 55.9 Å². The summed E-state index contributed by atoms with van der Waals surface area (Å²) < 4.78 is 12.9. The van der Waals surface area contributed by atoms with E-state index < -0.39 is 0 Å². The Labute approximate surface area is 169 Å². The zero-order valence-electron chi connectivity index (χ0n) is 16.1.